The van der Waals surface area contributed by atoms with Crippen molar-refractivity contribution in [3.63, 3.8) is 0 Å². The van der Waals surface area contributed by atoms with Gasteiger partial charge in [0.15, 0.2) is 0 Å². The molecule has 1 amide bonds. The average molecular weight is 571 g/mol. The summed E-state index contributed by atoms with van der Waals surface area (Å²) in [4.78, 5) is 18.2. The van der Waals surface area contributed by atoms with Gasteiger partial charge in [0, 0.05) is 11.6 Å². The fourth-order valence-corrected chi connectivity index (χ4v) is 7.49. The highest BCUT2D eigenvalue weighted by atomic mass is 32.2. The molecule has 0 fully saturated rings. The molecule has 5 rings (SSSR count). The normalized spacial score (nSPS) is 11.9. The van der Waals surface area contributed by atoms with Gasteiger partial charge in [0.05, 0.1) is 36.3 Å². The molecule has 0 aliphatic rings. The number of sulfone groups is 2. The number of fused-ring (bicyclic) bond motifs is 1. The number of aryl methyl sites for hydroxylation is 3. The predicted molar refractivity (Wildman–Crippen MR) is 154 cm³/mol. The molecule has 0 aliphatic heterocycles. The molecule has 1 heterocycles. The number of amides is 1. The van der Waals surface area contributed by atoms with Crippen LogP contribution in [0.5, 0.6) is 0 Å². The highest BCUT2D eigenvalue weighted by Gasteiger charge is 2.27. The average Bonchev–Trinajstić information content (AvgIpc) is 2.93. The molecule has 1 aromatic heterocycles. The third kappa shape index (κ3) is 4.89. The van der Waals surface area contributed by atoms with Crippen molar-refractivity contribution in [1.29, 1.82) is 0 Å². The van der Waals surface area contributed by atoms with E-state index in [-0.39, 0.29) is 36.3 Å². The van der Waals surface area contributed by atoms with E-state index in [0.29, 0.717) is 10.9 Å². The number of pyridine rings is 1. The topological polar surface area (TPSA) is 110 Å². The van der Waals surface area contributed by atoms with Crippen LogP contribution >= 0.6 is 0 Å². The molecule has 0 atom stereocenters. The number of aromatic nitrogens is 1. The van der Waals surface area contributed by atoms with Gasteiger partial charge in [-0.15, -0.1) is 0 Å². The number of hydrogen-bond acceptors (Lipinski definition) is 6. The Hall–Kier alpha value is -4.34. The number of anilines is 1. The van der Waals surface area contributed by atoms with E-state index in [1.807, 2.05) is 13.8 Å². The Bertz CT molecular complexity index is 1980. The smallest absolute Gasteiger partial charge is 0.257 e. The monoisotopic (exact) mass is 570 g/mol. The van der Waals surface area contributed by atoms with Crippen LogP contribution in [0.25, 0.3) is 10.9 Å². The van der Waals surface area contributed by atoms with Gasteiger partial charge >= 0.3 is 0 Å². The summed E-state index contributed by atoms with van der Waals surface area (Å²) in [5, 5.41) is 3.11. The summed E-state index contributed by atoms with van der Waals surface area (Å²) in [5.74, 6) is -0.648. The molecule has 40 heavy (non-hydrogen) atoms. The van der Waals surface area contributed by atoms with Crippen LogP contribution in [0.3, 0.4) is 0 Å². The first-order chi connectivity index (χ1) is 19.0. The number of carbonyl (C=O) groups is 1. The quantitative estimate of drug-likeness (QED) is 0.265. The van der Waals surface area contributed by atoms with Crippen molar-refractivity contribution in [2.75, 3.05) is 5.32 Å². The van der Waals surface area contributed by atoms with Gasteiger partial charge < -0.3 is 5.32 Å². The minimum atomic E-state index is -4.00. The maximum atomic E-state index is 13.6. The molecule has 0 aliphatic carbocycles. The summed E-state index contributed by atoms with van der Waals surface area (Å²) < 4.78 is 54.1. The van der Waals surface area contributed by atoms with E-state index in [1.54, 1.807) is 67.6 Å². The molecular weight excluding hydrogens is 544 g/mol. The van der Waals surface area contributed by atoms with E-state index in [0.717, 1.165) is 11.1 Å². The van der Waals surface area contributed by atoms with Crippen LogP contribution in [0, 0.1) is 20.8 Å². The van der Waals surface area contributed by atoms with Crippen molar-refractivity contribution in [3.05, 3.63) is 119 Å². The Morgan fingerprint density at radius 1 is 0.650 bits per heavy atom. The molecule has 0 saturated heterocycles. The first-order valence-electron chi connectivity index (χ1n) is 12.4. The summed E-state index contributed by atoms with van der Waals surface area (Å²) >= 11 is 0. The summed E-state index contributed by atoms with van der Waals surface area (Å²) in [6, 6.07) is 23.8. The molecule has 7 nitrogen and oxygen atoms in total. The highest BCUT2D eigenvalue weighted by Crippen LogP contribution is 2.33. The Morgan fingerprint density at radius 2 is 1.23 bits per heavy atom. The maximum Gasteiger partial charge on any atom is 0.257 e. The van der Waals surface area contributed by atoms with E-state index in [2.05, 4.69) is 10.3 Å². The third-order valence-corrected chi connectivity index (χ3v) is 10.3. The van der Waals surface area contributed by atoms with Gasteiger partial charge in [-0.1, -0.05) is 47.5 Å². The van der Waals surface area contributed by atoms with E-state index < -0.39 is 25.6 Å². The molecule has 0 spiro atoms. The van der Waals surface area contributed by atoms with Crippen LogP contribution in [0.1, 0.15) is 27.0 Å². The van der Waals surface area contributed by atoms with Crippen LogP contribution in [-0.4, -0.2) is 27.7 Å². The fraction of sp³-hybridized carbons (Fsp3) is 0.0968. The molecule has 5 aromatic rings. The number of hydrogen-bond donors (Lipinski definition) is 1. The standard InChI is InChI=1S/C31H26N2O5S2/c1-20-9-13-23(14-10-20)39(35,36)27-18-17-26(30-25(27)7-5-19-32-30)33-31(34)29-22(3)6-4-8-28(29)40(37,38)24-15-11-21(2)12-16-24/h4-19H,1-3H3,(H,33,34). The van der Waals surface area contributed by atoms with Gasteiger partial charge in [-0.25, -0.2) is 16.8 Å². The molecule has 9 heteroatoms. The zero-order valence-corrected chi connectivity index (χ0v) is 23.7. The van der Waals surface area contributed by atoms with Gasteiger partial charge in [0.1, 0.15) is 0 Å². The number of nitrogens with zero attached hydrogens (tertiary/aromatic N) is 1. The first kappa shape index (κ1) is 27.2. The van der Waals surface area contributed by atoms with Gasteiger partial charge in [-0.3, -0.25) is 9.78 Å². The molecule has 1 N–H and O–H groups in total. The second-order valence-corrected chi connectivity index (χ2v) is 13.4. The van der Waals surface area contributed by atoms with Crippen LogP contribution in [0.4, 0.5) is 5.69 Å². The lowest BCUT2D eigenvalue weighted by Gasteiger charge is -2.15. The van der Waals surface area contributed by atoms with E-state index in [4.69, 9.17) is 0 Å². The second kappa shape index (κ2) is 10.3. The minimum Gasteiger partial charge on any atom is -0.320 e. The molecule has 0 radical (unpaired) electrons. The Kier molecular flexibility index (Phi) is 7.03. The lowest BCUT2D eigenvalue weighted by Crippen LogP contribution is -2.19. The molecular formula is C31H26N2O5S2. The number of nitrogens with one attached hydrogen (secondary N) is 1. The van der Waals surface area contributed by atoms with Crippen molar-refractivity contribution in [2.24, 2.45) is 0 Å². The van der Waals surface area contributed by atoms with Gasteiger partial charge in [-0.2, -0.15) is 0 Å². The van der Waals surface area contributed by atoms with Crippen molar-refractivity contribution < 1.29 is 21.6 Å². The summed E-state index contributed by atoms with van der Waals surface area (Å²) in [6.07, 6.45) is 1.50. The van der Waals surface area contributed by atoms with E-state index in [1.165, 1.54) is 36.5 Å². The molecule has 0 saturated carbocycles. The third-order valence-electron chi connectivity index (χ3n) is 6.68. The first-order valence-corrected chi connectivity index (χ1v) is 15.4. The van der Waals surface area contributed by atoms with E-state index >= 15 is 0 Å². The Morgan fingerprint density at radius 3 is 1.82 bits per heavy atom. The lowest BCUT2D eigenvalue weighted by molar-refractivity contribution is 0.102. The summed E-state index contributed by atoms with van der Waals surface area (Å²) in [6.45, 7) is 5.40. The zero-order valence-electron chi connectivity index (χ0n) is 22.0. The maximum absolute atomic E-state index is 13.6. The van der Waals surface area contributed by atoms with Crippen LogP contribution < -0.4 is 5.32 Å². The molecule has 4 aromatic carbocycles. The van der Waals surface area contributed by atoms with Crippen molar-refractivity contribution >= 4 is 42.2 Å². The summed E-state index contributed by atoms with van der Waals surface area (Å²) in [5.41, 5.74) is 2.84. The minimum absolute atomic E-state index is 0.00325. The lowest BCUT2D eigenvalue weighted by atomic mass is 10.1. The molecule has 0 bridgehead atoms. The van der Waals surface area contributed by atoms with Crippen molar-refractivity contribution in [2.45, 2.75) is 40.4 Å². The van der Waals surface area contributed by atoms with Gasteiger partial charge in [-0.05, 0) is 80.9 Å². The predicted octanol–water partition coefficient (Wildman–Crippen LogP) is 6.08. The molecule has 0 unspecified atom stereocenters. The second-order valence-electron chi connectivity index (χ2n) is 9.55. The zero-order chi connectivity index (χ0) is 28.7. The van der Waals surface area contributed by atoms with Crippen molar-refractivity contribution in [1.82, 2.24) is 4.98 Å². The SMILES string of the molecule is Cc1ccc(S(=O)(=O)c2cccc(C)c2C(=O)Nc2ccc(S(=O)(=O)c3ccc(C)cc3)c3cccnc23)cc1. The van der Waals surface area contributed by atoms with Crippen molar-refractivity contribution in [3.8, 4) is 0 Å². The van der Waals surface area contributed by atoms with Gasteiger partial charge in [0.2, 0.25) is 19.7 Å². The largest absolute Gasteiger partial charge is 0.320 e. The van der Waals surface area contributed by atoms with Crippen LogP contribution in [-0.2, 0) is 19.7 Å². The van der Waals surface area contributed by atoms with Crippen LogP contribution in [0.2, 0.25) is 0 Å². The number of rotatable bonds is 6. The highest BCUT2D eigenvalue weighted by molar-refractivity contribution is 7.92. The fourth-order valence-electron chi connectivity index (χ4n) is 4.51. The summed E-state index contributed by atoms with van der Waals surface area (Å²) in [7, 11) is -7.88. The van der Waals surface area contributed by atoms with Gasteiger partial charge in [0.25, 0.3) is 5.91 Å². The Balaban J connectivity index is 1.58. The number of benzene rings is 4. The molecule has 202 valence electrons. The van der Waals surface area contributed by atoms with Crippen LogP contribution in [0.15, 0.2) is 117 Å². The Labute approximate surface area is 233 Å². The number of carbonyl (C=O) groups excluding carboxylic acids is 1. The van der Waals surface area contributed by atoms with E-state index in [9.17, 15) is 21.6 Å².